The van der Waals surface area contributed by atoms with E-state index in [4.69, 9.17) is 25.8 Å². The van der Waals surface area contributed by atoms with Crippen molar-refractivity contribution in [1.29, 1.82) is 0 Å². The molecular weight excluding hydrogens is 278 g/mol. The maximum Gasteiger partial charge on any atom is 0.126 e. The second-order valence-corrected chi connectivity index (χ2v) is 5.30. The fraction of sp³-hybridized carbons (Fsp3) is 0.600. The topological polar surface area (TPSA) is 39.7 Å². The maximum absolute atomic E-state index is 6.34. The van der Waals surface area contributed by atoms with Crippen LogP contribution in [-0.4, -0.2) is 40.5 Å². The Morgan fingerprint density at radius 3 is 3.00 bits per heavy atom. The zero-order chi connectivity index (χ0) is 14.4. The molecule has 0 bridgehead atoms. The van der Waals surface area contributed by atoms with Gasteiger partial charge in [-0.3, -0.25) is 0 Å². The van der Waals surface area contributed by atoms with Gasteiger partial charge in [-0.15, -0.1) is 0 Å². The standard InChI is InChI=1S/C15H22ClNO3/c1-18-9-7-17-10-11-6-8-20-15(11)14-12(16)4-3-5-13(14)19-2/h3-5,11,15,17H,6-10H2,1-2H3. The summed E-state index contributed by atoms with van der Waals surface area (Å²) in [6.07, 6.45) is 1.02. The van der Waals surface area contributed by atoms with Gasteiger partial charge in [0.05, 0.1) is 24.8 Å². The second-order valence-electron chi connectivity index (χ2n) is 4.89. The molecule has 1 N–H and O–H groups in total. The molecule has 2 unspecified atom stereocenters. The Balaban J connectivity index is 2.06. The molecule has 0 spiro atoms. The maximum atomic E-state index is 6.34. The van der Waals surface area contributed by atoms with E-state index < -0.39 is 0 Å². The molecule has 2 rings (SSSR count). The van der Waals surface area contributed by atoms with Crippen LogP contribution >= 0.6 is 11.6 Å². The molecule has 1 aromatic carbocycles. The summed E-state index contributed by atoms with van der Waals surface area (Å²) in [5, 5.41) is 4.10. The largest absolute Gasteiger partial charge is 0.496 e. The molecule has 20 heavy (non-hydrogen) atoms. The highest BCUT2D eigenvalue weighted by Crippen LogP contribution is 2.42. The lowest BCUT2D eigenvalue weighted by molar-refractivity contribution is 0.0877. The number of benzene rings is 1. The van der Waals surface area contributed by atoms with Gasteiger partial charge in [-0.25, -0.2) is 0 Å². The summed E-state index contributed by atoms with van der Waals surface area (Å²) in [5.41, 5.74) is 0.965. The highest BCUT2D eigenvalue weighted by Gasteiger charge is 2.32. The highest BCUT2D eigenvalue weighted by molar-refractivity contribution is 6.31. The minimum Gasteiger partial charge on any atom is -0.496 e. The molecule has 1 aromatic rings. The van der Waals surface area contributed by atoms with Gasteiger partial charge in [0.15, 0.2) is 0 Å². The van der Waals surface area contributed by atoms with Crippen molar-refractivity contribution in [3.8, 4) is 5.75 Å². The lowest BCUT2D eigenvalue weighted by atomic mass is 9.94. The first-order chi connectivity index (χ1) is 9.77. The van der Waals surface area contributed by atoms with Crippen molar-refractivity contribution in [3.05, 3.63) is 28.8 Å². The van der Waals surface area contributed by atoms with Gasteiger partial charge in [0.25, 0.3) is 0 Å². The first-order valence-electron chi connectivity index (χ1n) is 6.91. The van der Waals surface area contributed by atoms with Crippen LogP contribution in [0.5, 0.6) is 5.75 Å². The van der Waals surface area contributed by atoms with E-state index in [1.165, 1.54) is 0 Å². The normalized spacial score (nSPS) is 22.1. The minimum atomic E-state index is -0.00584. The molecule has 5 heteroatoms. The fourth-order valence-electron chi connectivity index (χ4n) is 2.60. The number of ether oxygens (including phenoxy) is 3. The third-order valence-corrected chi connectivity index (χ3v) is 3.95. The Kier molecular flexibility index (Phi) is 6.10. The summed E-state index contributed by atoms with van der Waals surface area (Å²) in [6.45, 7) is 3.21. The molecule has 1 aliphatic rings. The molecule has 0 radical (unpaired) electrons. The van der Waals surface area contributed by atoms with Gasteiger partial charge in [0.1, 0.15) is 5.75 Å². The van der Waals surface area contributed by atoms with E-state index in [0.29, 0.717) is 17.5 Å². The van der Waals surface area contributed by atoms with Gasteiger partial charge in [-0.1, -0.05) is 17.7 Å². The summed E-state index contributed by atoms with van der Waals surface area (Å²) in [5.74, 6) is 1.20. The van der Waals surface area contributed by atoms with Crippen LogP contribution in [0.25, 0.3) is 0 Å². The Morgan fingerprint density at radius 2 is 2.25 bits per heavy atom. The van der Waals surface area contributed by atoms with Crippen molar-refractivity contribution in [1.82, 2.24) is 5.32 Å². The average Bonchev–Trinajstić information content (AvgIpc) is 2.91. The van der Waals surface area contributed by atoms with Crippen LogP contribution in [0.3, 0.4) is 0 Å². The van der Waals surface area contributed by atoms with Crippen LogP contribution in [0.1, 0.15) is 18.1 Å². The van der Waals surface area contributed by atoms with E-state index in [-0.39, 0.29) is 6.10 Å². The molecular formula is C15H22ClNO3. The Morgan fingerprint density at radius 1 is 1.40 bits per heavy atom. The highest BCUT2D eigenvalue weighted by atomic mass is 35.5. The molecule has 2 atom stereocenters. The Bertz CT molecular complexity index is 428. The van der Waals surface area contributed by atoms with Crippen molar-refractivity contribution in [2.45, 2.75) is 12.5 Å². The smallest absolute Gasteiger partial charge is 0.126 e. The summed E-state index contributed by atoms with van der Waals surface area (Å²) in [4.78, 5) is 0. The molecule has 0 aliphatic carbocycles. The molecule has 1 fully saturated rings. The summed E-state index contributed by atoms with van der Waals surface area (Å²) >= 11 is 6.34. The lowest BCUT2D eigenvalue weighted by Crippen LogP contribution is -2.27. The molecule has 112 valence electrons. The fourth-order valence-corrected chi connectivity index (χ4v) is 2.87. The van der Waals surface area contributed by atoms with Crippen molar-refractivity contribution in [2.24, 2.45) is 5.92 Å². The van der Waals surface area contributed by atoms with Gasteiger partial charge >= 0.3 is 0 Å². The quantitative estimate of drug-likeness (QED) is 0.786. The van der Waals surface area contributed by atoms with Crippen LogP contribution in [0.4, 0.5) is 0 Å². The van der Waals surface area contributed by atoms with Crippen molar-refractivity contribution in [2.75, 3.05) is 40.5 Å². The predicted octanol–water partition coefficient (Wildman–Crippen LogP) is 2.66. The van der Waals surface area contributed by atoms with Crippen LogP contribution in [0, 0.1) is 5.92 Å². The Labute approximate surface area is 125 Å². The first kappa shape index (κ1) is 15.6. The zero-order valence-electron chi connectivity index (χ0n) is 12.0. The lowest BCUT2D eigenvalue weighted by Gasteiger charge is -2.22. The van der Waals surface area contributed by atoms with Gasteiger partial charge < -0.3 is 19.5 Å². The zero-order valence-corrected chi connectivity index (χ0v) is 12.8. The van der Waals surface area contributed by atoms with E-state index in [1.807, 2.05) is 18.2 Å². The van der Waals surface area contributed by atoms with E-state index >= 15 is 0 Å². The van der Waals surface area contributed by atoms with Gasteiger partial charge in [-0.2, -0.15) is 0 Å². The molecule has 1 saturated heterocycles. The molecule has 1 heterocycles. The molecule has 4 nitrogen and oxygen atoms in total. The number of hydrogen-bond donors (Lipinski definition) is 1. The van der Waals surface area contributed by atoms with Crippen LogP contribution in [0.15, 0.2) is 18.2 Å². The Hall–Kier alpha value is -0.810. The molecule has 1 aliphatic heterocycles. The monoisotopic (exact) mass is 299 g/mol. The summed E-state index contributed by atoms with van der Waals surface area (Å²) < 4.78 is 16.4. The van der Waals surface area contributed by atoms with Crippen molar-refractivity contribution < 1.29 is 14.2 Å². The number of methoxy groups -OCH3 is 2. The first-order valence-corrected chi connectivity index (χ1v) is 7.29. The molecule has 0 amide bonds. The van der Waals surface area contributed by atoms with Crippen molar-refractivity contribution in [3.63, 3.8) is 0 Å². The second kappa shape index (κ2) is 7.84. The predicted molar refractivity (Wildman–Crippen MR) is 79.5 cm³/mol. The third kappa shape index (κ3) is 3.64. The summed E-state index contributed by atoms with van der Waals surface area (Å²) in [7, 11) is 3.37. The average molecular weight is 300 g/mol. The van der Waals surface area contributed by atoms with E-state index in [9.17, 15) is 0 Å². The summed E-state index contributed by atoms with van der Waals surface area (Å²) in [6, 6.07) is 5.71. The van der Waals surface area contributed by atoms with Crippen LogP contribution < -0.4 is 10.1 Å². The van der Waals surface area contributed by atoms with Crippen LogP contribution in [-0.2, 0) is 9.47 Å². The minimum absolute atomic E-state index is 0.00584. The molecule has 0 aromatic heterocycles. The van der Waals surface area contributed by atoms with Gasteiger partial charge in [-0.05, 0) is 18.6 Å². The number of hydrogen-bond acceptors (Lipinski definition) is 4. The third-order valence-electron chi connectivity index (χ3n) is 3.62. The molecule has 0 saturated carbocycles. The number of halogens is 1. The van der Waals surface area contributed by atoms with Crippen LogP contribution in [0.2, 0.25) is 5.02 Å². The van der Waals surface area contributed by atoms with E-state index in [0.717, 1.165) is 37.4 Å². The van der Waals surface area contributed by atoms with Gasteiger partial charge in [0, 0.05) is 38.3 Å². The van der Waals surface area contributed by atoms with Gasteiger partial charge in [0.2, 0.25) is 0 Å². The van der Waals surface area contributed by atoms with Crippen molar-refractivity contribution >= 4 is 11.6 Å². The number of rotatable bonds is 7. The number of nitrogens with one attached hydrogen (secondary N) is 1. The SMILES string of the molecule is COCCNCC1CCOC1c1c(Cl)cccc1OC. The van der Waals surface area contributed by atoms with E-state index in [2.05, 4.69) is 5.32 Å². The van der Waals surface area contributed by atoms with E-state index in [1.54, 1.807) is 14.2 Å².